The third-order valence-corrected chi connectivity index (χ3v) is 4.55. The minimum atomic E-state index is 0.323. The van der Waals surface area contributed by atoms with Gasteiger partial charge in [0.15, 0.2) is 0 Å². The molecule has 1 aliphatic heterocycles. The predicted molar refractivity (Wildman–Crippen MR) is 78.3 cm³/mol. The molecule has 0 aromatic carbocycles. The standard InChI is InChI=1S/C16H23N3O/c1-13-17-8-10-19(13)15-7-4-9-18(12-15)16(20)11-14-5-2-3-6-14/h2,5,8,10,14-15H,3-4,6-7,9,11-12H2,1H3. The third-order valence-electron chi connectivity index (χ3n) is 4.55. The molecule has 0 spiro atoms. The molecule has 0 N–H and O–H groups in total. The minimum Gasteiger partial charge on any atom is -0.341 e. The van der Waals surface area contributed by atoms with Gasteiger partial charge < -0.3 is 9.47 Å². The zero-order valence-electron chi connectivity index (χ0n) is 12.2. The predicted octanol–water partition coefficient (Wildman–Crippen LogP) is 2.71. The maximum absolute atomic E-state index is 12.4. The van der Waals surface area contributed by atoms with E-state index in [2.05, 4.69) is 26.6 Å². The molecule has 1 amide bonds. The monoisotopic (exact) mass is 273 g/mol. The van der Waals surface area contributed by atoms with E-state index in [0.717, 1.165) is 44.6 Å². The molecule has 0 bridgehead atoms. The van der Waals surface area contributed by atoms with E-state index in [1.807, 2.05) is 19.3 Å². The Bertz CT molecular complexity index is 506. The Kier molecular flexibility index (Phi) is 3.90. The maximum atomic E-state index is 12.4. The number of aromatic nitrogens is 2. The lowest BCUT2D eigenvalue weighted by Gasteiger charge is -2.34. The van der Waals surface area contributed by atoms with Gasteiger partial charge in [-0.15, -0.1) is 0 Å². The second-order valence-electron chi connectivity index (χ2n) is 5.99. The molecule has 2 atom stereocenters. The van der Waals surface area contributed by atoms with Crippen LogP contribution in [0.4, 0.5) is 0 Å². The molecule has 1 saturated heterocycles. The summed E-state index contributed by atoms with van der Waals surface area (Å²) in [4.78, 5) is 18.8. The van der Waals surface area contributed by atoms with E-state index in [-0.39, 0.29) is 0 Å². The van der Waals surface area contributed by atoms with E-state index in [4.69, 9.17) is 0 Å². The van der Waals surface area contributed by atoms with Crippen LogP contribution >= 0.6 is 0 Å². The molecular weight excluding hydrogens is 250 g/mol. The van der Waals surface area contributed by atoms with Crippen LogP contribution in [0.15, 0.2) is 24.5 Å². The molecule has 108 valence electrons. The van der Waals surface area contributed by atoms with Gasteiger partial charge in [-0.3, -0.25) is 4.79 Å². The van der Waals surface area contributed by atoms with Gasteiger partial charge in [0.1, 0.15) is 5.82 Å². The summed E-state index contributed by atoms with van der Waals surface area (Å²) in [6.07, 6.45) is 13.5. The van der Waals surface area contributed by atoms with Crippen molar-refractivity contribution in [3.05, 3.63) is 30.4 Å². The Morgan fingerprint density at radius 1 is 1.45 bits per heavy atom. The summed E-state index contributed by atoms with van der Waals surface area (Å²) in [6.45, 7) is 3.79. The van der Waals surface area contributed by atoms with Crippen molar-refractivity contribution in [1.82, 2.24) is 14.5 Å². The number of piperidine rings is 1. The lowest BCUT2D eigenvalue weighted by molar-refractivity contribution is -0.133. The minimum absolute atomic E-state index is 0.323. The van der Waals surface area contributed by atoms with Gasteiger partial charge in [0.2, 0.25) is 5.91 Å². The highest BCUT2D eigenvalue weighted by molar-refractivity contribution is 5.76. The topological polar surface area (TPSA) is 38.1 Å². The highest BCUT2D eigenvalue weighted by Crippen LogP contribution is 2.26. The number of hydrogen-bond acceptors (Lipinski definition) is 2. The number of likely N-dealkylation sites (tertiary alicyclic amines) is 1. The summed E-state index contributed by atoms with van der Waals surface area (Å²) >= 11 is 0. The van der Waals surface area contributed by atoms with Crippen LogP contribution < -0.4 is 0 Å². The van der Waals surface area contributed by atoms with E-state index in [1.54, 1.807) is 0 Å². The first-order chi connectivity index (χ1) is 9.74. The average Bonchev–Trinajstić information content (AvgIpc) is 3.10. The molecule has 2 aliphatic rings. The molecule has 4 nitrogen and oxygen atoms in total. The molecule has 2 unspecified atom stereocenters. The van der Waals surface area contributed by atoms with Crippen LogP contribution in [0.1, 0.15) is 44.0 Å². The van der Waals surface area contributed by atoms with E-state index in [0.29, 0.717) is 24.3 Å². The maximum Gasteiger partial charge on any atom is 0.223 e. The molecule has 0 saturated carbocycles. The fraction of sp³-hybridized carbons (Fsp3) is 0.625. The van der Waals surface area contributed by atoms with Crippen molar-refractivity contribution in [2.75, 3.05) is 13.1 Å². The summed E-state index contributed by atoms with van der Waals surface area (Å²) in [7, 11) is 0. The lowest BCUT2D eigenvalue weighted by Crippen LogP contribution is -2.41. The molecule has 0 radical (unpaired) electrons. The number of allylic oxidation sites excluding steroid dienone is 2. The summed E-state index contributed by atoms with van der Waals surface area (Å²) < 4.78 is 2.22. The van der Waals surface area contributed by atoms with Crippen LogP contribution in [-0.4, -0.2) is 33.4 Å². The number of aryl methyl sites for hydroxylation is 1. The molecule has 1 fully saturated rings. The Morgan fingerprint density at radius 3 is 3.05 bits per heavy atom. The Labute approximate surface area is 120 Å². The lowest BCUT2D eigenvalue weighted by atomic mass is 10.0. The van der Waals surface area contributed by atoms with E-state index in [1.165, 1.54) is 0 Å². The number of nitrogens with zero attached hydrogens (tertiary/aromatic N) is 3. The van der Waals surface area contributed by atoms with Gasteiger partial charge in [0.05, 0.1) is 6.04 Å². The molecule has 20 heavy (non-hydrogen) atoms. The van der Waals surface area contributed by atoms with Gasteiger partial charge in [-0.05, 0) is 38.5 Å². The SMILES string of the molecule is Cc1nccn1C1CCCN(C(=O)CC2C=CCC2)C1. The molecule has 2 heterocycles. The molecule has 3 rings (SSSR count). The summed E-state index contributed by atoms with van der Waals surface area (Å²) in [5, 5.41) is 0. The largest absolute Gasteiger partial charge is 0.341 e. The van der Waals surface area contributed by atoms with Gasteiger partial charge in [0, 0.05) is 31.9 Å². The normalized spacial score (nSPS) is 26.1. The first-order valence-electron chi connectivity index (χ1n) is 7.68. The van der Waals surface area contributed by atoms with Crippen LogP contribution in [0.5, 0.6) is 0 Å². The quantitative estimate of drug-likeness (QED) is 0.794. The Morgan fingerprint density at radius 2 is 2.35 bits per heavy atom. The fourth-order valence-electron chi connectivity index (χ4n) is 3.40. The highest BCUT2D eigenvalue weighted by Gasteiger charge is 2.26. The van der Waals surface area contributed by atoms with Crippen molar-refractivity contribution in [1.29, 1.82) is 0 Å². The van der Waals surface area contributed by atoms with Crippen molar-refractivity contribution in [2.24, 2.45) is 5.92 Å². The Balaban J connectivity index is 1.61. The van der Waals surface area contributed by atoms with Crippen molar-refractivity contribution >= 4 is 5.91 Å². The second-order valence-corrected chi connectivity index (χ2v) is 5.99. The number of carbonyl (C=O) groups excluding carboxylic acids is 1. The Hall–Kier alpha value is -1.58. The zero-order valence-corrected chi connectivity index (χ0v) is 12.2. The van der Waals surface area contributed by atoms with E-state index < -0.39 is 0 Å². The number of hydrogen-bond donors (Lipinski definition) is 0. The molecule has 1 aromatic heterocycles. The number of amides is 1. The third kappa shape index (κ3) is 2.79. The molecule has 4 heteroatoms. The van der Waals surface area contributed by atoms with Gasteiger partial charge in [-0.25, -0.2) is 4.98 Å². The molecule has 1 aliphatic carbocycles. The van der Waals surface area contributed by atoms with Crippen LogP contribution in [0.3, 0.4) is 0 Å². The van der Waals surface area contributed by atoms with Crippen LogP contribution in [0, 0.1) is 12.8 Å². The van der Waals surface area contributed by atoms with Crippen molar-refractivity contribution in [3.8, 4) is 0 Å². The van der Waals surface area contributed by atoms with E-state index >= 15 is 0 Å². The number of carbonyl (C=O) groups is 1. The van der Waals surface area contributed by atoms with E-state index in [9.17, 15) is 4.79 Å². The zero-order chi connectivity index (χ0) is 13.9. The highest BCUT2D eigenvalue weighted by atomic mass is 16.2. The number of imidazole rings is 1. The summed E-state index contributed by atoms with van der Waals surface area (Å²) in [5.41, 5.74) is 0. The fourth-order valence-corrected chi connectivity index (χ4v) is 3.40. The van der Waals surface area contributed by atoms with Crippen LogP contribution in [-0.2, 0) is 4.79 Å². The first-order valence-corrected chi connectivity index (χ1v) is 7.68. The van der Waals surface area contributed by atoms with Gasteiger partial charge in [-0.1, -0.05) is 12.2 Å². The van der Waals surface area contributed by atoms with Crippen molar-refractivity contribution in [2.45, 2.75) is 45.1 Å². The van der Waals surface area contributed by atoms with Gasteiger partial charge in [0.25, 0.3) is 0 Å². The molecule has 1 aromatic rings. The number of rotatable bonds is 3. The second kappa shape index (κ2) is 5.81. The summed E-state index contributed by atoms with van der Waals surface area (Å²) in [6, 6.07) is 0.398. The van der Waals surface area contributed by atoms with Crippen molar-refractivity contribution in [3.63, 3.8) is 0 Å². The smallest absolute Gasteiger partial charge is 0.223 e. The van der Waals surface area contributed by atoms with Gasteiger partial charge >= 0.3 is 0 Å². The molecular formula is C16H23N3O. The average molecular weight is 273 g/mol. The first kappa shape index (κ1) is 13.4. The summed E-state index contributed by atoms with van der Waals surface area (Å²) in [5.74, 6) is 1.84. The van der Waals surface area contributed by atoms with Crippen LogP contribution in [0.25, 0.3) is 0 Å². The van der Waals surface area contributed by atoms with Crippen LogP contribution in [0.2, 0.25) is 0 Å². The van der Waals surface area contributed by atoms with Crippen molar-refractivity contribution < 1.29 is 4.79 Å². The van der Waals surface area contributed by atoms with Gasteiger partial charge in [-0.2, -0.15) is 0 Å².